The summed E-state index contributed by atoms with van der Waals surface area (Å²) in [6.45, 7) is 0. The van der Waals surface area contributed by atoms with Gasteiger partial charge in [-0.1, -0.05) is 0 Å². The molecule has 0 spiro atoms. The first-order valence-corrected chi connectivity index (χ1v) is 7.28. The summed E-state index contributed by atoms with van der Waals surface area (Å²) in [6, 6.07) is 3.59. The van der Waals surface area contributed by atoms with Gasteiger partial charge in [-0.25, -0.2) is 4.39 Å². The molecule has 0 aliphatic carbocycles. The Morgan fingerprint density at radius 2 is 1.95 bits per heavy atom. The molecule has 20 heavy (non-hydrogen) atoms. The van der Waals surface area contributed by atoms with Crippen molar-refractivity contribution in [2.24, 2.45) is 0 Å². The van der Waals surface area contributed by atoms with Crippen molar-refractivity contribution in [2.75, 3.05) is 7.05 Å². The third-order valence-corrected chi connectivity index (χ3v) is 4.77. The molecular weight excluding hydrogens is 358 g/mol. The van der Waals surface area contributed by atoms with Gasteiger partial charge >= 0.3 is 6.18 Å². The lowest BCUT2D eigenvalue weighted by atomic mass is 10.0. The average molecular weight is 368 g/mol. The van der Waals surface area contributed by atoms with Gasteiger partial charge in [0.2, 0.25) is 0 Å². The molecule has 1 aromatic carbocycles. The smallest absolute Gasteiger partial charge is 0.309 e. The molecule has 0 amide bonds. The lowest BCUT2D eigenvalue weighted by Gasteiger charge is -2.18. The quantitative estimate of drug-likeness (QED) is 0.754. The van der Waals surface area contributed by atoms with Gasteiger partial charge < -0.3 is 5.32 Å². The fourth-order valence-electron chi connectivity index (χ4n) is 1.88. The van der Waals surface area contributed by atoms with Crippen LogP contribution in [-0.4, -0.2) is 7.05 Å². The monoisotopic (exact) mass is 367 g/mol. The largest absolute Gasteiger partial charge is 0.416 e. The fraction of sp³-hybridized carbons (Fsp3) is 0.231. The van der Waals surface area contributed by atoms with E-state index in [1.165, 1.54) is 11.3 Å². The van der Waals surface area contributed by atoms with E-state index in [1.54, 1.807) is 18.5 Å². The highest BCUT2D eigenvalue weighted by molar-refractivity contribution is 9.10. The van der Waals surface area contributed by atoms with Crippen molar-refractivity contribution >= 4 is 27.3 Å². The fourth-order valence-corrected chi connectivity index (χ4v) is 3.61. The van der Waals surface area contributed by atoms with Gasteiger partial charge in [-0.05, 0) is 52.6 Å². The lowest BCUT2D eigenvalue weighted by Crippen LogP contribution is -2.19. The van der Waals surface area contributed by atoms with Crippen LogP contribution in [0.25, 0.3) is 0 Å². The molecule has 0 saturated heterocycles. The third kappa shape index (κ3) is 3.05. The van der Waals surface area contributed by atoms with Gasteiger partial charge in [-0.3, -0.25) is 0 Å². The van der Waals surface area contributed by atoms with Crippen LogP contribution in [0, 0.1) is 5.82 Å². The van der Waals surface area contributed by atoms with E-state index < -0.39 is 23.6 Å². The zero-order chi connectivity index (χ0) is 14.9. The number of benzene rings is 1. The Labute approximate surface area is 125 Å². The molecule has 0 aliphatic heterocycles. The summed E-state index contributed by atoms with van der Waals surface area (Å²) >= 11 is 4.66. The minimum Gasteiger partial charge on any atom is -0.309 e. The molecule has 2 rings (SSSR count). The van der Waals surface area contributed by atoms with Crippen LogP contribution < -0.4 is 5.32 Å². The number of rotatable bonds is 3. The Kier molecular flexibility index (Phi) is 4.51. The lowest BCUT2D eigenvalue weighted by molar-refractivity contribution is -0.137. The minimum atomic E-state index is -4.49. The van der Waals surface area contributed by atoms with E-state index in [9.17, 15) is 17.6 Å². The summed E-state index contributed by atoms with van der Waals surface area (Å²) in [5.41, 5.74) is -0.882. The van der Waals surface area contributed by atoms with Gasteiger partial charge in [0.25, 0.3) is 0 Å². The highest BCUT2D eigenvalue weighted by atomic mass is 79.9. The van der Waals surface area contributed by atoms with Gasteiger partial charge in [0, 0.05) is 14.9 Å². The van der Waals surface area contributed by atoms with Crippen molar-refractivity contribution in [1.82, 2.24) is 5.32 Å². The molecule has 1 unspecified atom stereocenters. The summed E-state index contributed by atoms with van der Waals surface area (Å²) in [6.07, 6.45) is -4.49. The number of hydrogen-bond donors (Lipinski definition) is 1. The average Bonchev–Trinajstić information content (AvgIpc) is 2.78. The predicted molar refractivity (Wildman–Crippen MR) is 74.3 cm³/mol. The van der Waals surface area contributed by atoms with Crippen LogP contribution in [0.1, 0.15) is 22.0 Å². The van der Waals surface area contributed by atoms with Crippen LogP contribution in [0.5, 0.6) is 0 Å². The number of nitrogens with one attached hydrogen (secondary N) is 1. The molecule has 0 aliphatic rings. The van der Waals surface area contributed by atoms with Crippen LogP contribution in [0.15, 0.2) is 34.1 Å². The molecule has 0 saturated carbocycles. The first kappa shape index (κ1) is 15.5. The van der Waals surface area contributed by atoms with E-state index in [0.29, 0.717) is 0 Å². The maximum atomic E-state index is 13.9. The summed E-state index contributed by atoms with van der Waals surface area (Å²) in [5.74, 6) is -0.669. The van der Waals surface area contributed by atoms with E-state index in [4.69, 9.17) is 0 Å². The van der Waals surface area contributed by atoms with Crippen molar-refractivity contribution < 1.29 is 17.6 Å². The number of alkyl halides is 3. The maximum Gasteiger partial charge on any atom is 0.416 e. The van der Waals surface area contributed by atoms with Crippen LogP contribution in [0.4, 0.5) is 17.6 Å². The predicted octanol–water partition coefficient (Wildman–Crippen LogP) is 4.98. The molecule has 1 nitrogen and oxygen atoms in total. The molecule has 0 radical (unpaired) electrons. The van der Waals surface area contributed by atoms with Gasteiger partial charge in [0.15, 0.2) is 0 Å². The normalized spacial score (nSPS) is 13.5. The maximum absolute atomic E-state index is 13.9. The molecular formula is C13H10BrF4NS. The van der Waals surface area contributed by atoms with E-state index >= 15 is 0 Å². The summed E-state index contributed by atoms with van der Waals surface area (Å²) < 4.78 is 52.9. The van der Waals surface area contributed by atoms with Gasteiger partial charge in [0.05, 0.1) is 11.6 Å². The minimum absolute atomic E-state index is 0.0227. The zero-order valence-electron chi connectivity index (χ0n) is 10.3. The Balaban J connectivity index is 2.52. The molecule has 108 valence electrons. The van der Waals surface area contributed by atoms with Crippen LogP contribution >= 0.6 is 27.3 Å². The van der Waals surface area contributed by atoms with E-state index in [1.807, 2.05) is 0 Å². The Morgan fingerprint density at radius 3 is 2.45 bits per heavy atom. The standard InChI is InChI=1S/C13H10BrF4NS/c1-19-11(12-9(14)4-5-20-12)8-6-7(13(16,17)18)2-3-10(8)15/h2-6,11,19H,1H3. The van der Waals surface area contributed by atoms with Crippen molar-refractivity contribution in [3.63, 3.8) is 0 Å². The number of hydrogen-bond acceptors (Lipinski definition) is 2. The second-order valence-corrected chi connectivity index (χ2v) is 5.89. The molecule has 0 fully saturated rings. The van der Waals surface area contributed by atoms with E-state index in [2.05, 4.69) is 21.2 Å². The first-order chi connectivity index (χ1) is 9.34. The molecule has 2 aromatic rings. The summed E-state index contributed by atoms with van der Waals surface area (Å²) in [5, 5.41) is 4.64. The number of halogens is 5. The van der Waals surface area contributed by atoms with Crippen LogP contribution in [-0.2, 0) is 6.18 Å². The SMILES string of the molecule is CNC(c1cc(C(F)(F)F)ccc1F)c1sccc1Br. The Hall–Kier alpha value is -0.920. The van der Waals surface area contributed by atoms with Crippen molar-refractivity contribution in [3.8, 4) is 0 Å². The zero-order valence-corrected chi connectivity index (χ0v) is 12.7. The second kappa shape index (κ2) is 5.83. The van der Waals surface area contributed by atoms with Crippen LogP contribution in [0.3, 0.4) is 0 Å². The van der Waals surface area contributed by atoms with Crippen molar-refractivity contribution in [3.05, 3.63) is 55.9 Å². The summed E-state index contributed by atoms with van der Waals surface area (Å²) in [7, 11) is 1.58. The first-order valence-electron chi connectivity index (χ1n) is 5.61. The second-order valence-electron chi connectivity index (χ2n) is 4.09. The Morgan fingerprint density at radius 1 is 1.25 bits per heavy atom. The summed E-state index contributed by atoms with van der Waals surface area (Å²) in [4.78, 5) is 0.728. The molecule has 7 heteroatoms. The van der Waals surface area contributed by atoms with Gasteiger partial charge in [-0.15, -0.1) is 11.3 Å². The highest BCUT2D eigenvalue weighted by Gasteiger charge is 2.32. The third-order valence-electron chi connectivity index (χ3n) is 2.83. The van der Waals surface area contributed by atoms with Gasteiger partial charge in [0.1, 0.15) is 5.82 Å². The van der Waals surface area contributed by atoms with Gasteiger partial charge in [-0.2, -0.15) is 13.2 Å². The molecule has 1 heterocycles. The van der Waals surface area contributed by atoms with Crippen LogP contribution in [0.2, 0.25) is 0 Å². The van der Waals surface area contributed by atoms with E-state index in [0.717, 1.165) is 27.5 Å². The molecule has 1 N–H and O–H groups in total. The molecule has 1 atom stereocenters. The Bertz CT molecular complexity index is 609. The van der Waals surface area contributed by atoms with Crippen molar-refractivity contribution in [1.29, 1.82) is 0 Å². The topological polar surface area (TPSA) is 12.0 Å². The molecule has 1 aromatic heterocycles. The highest BCUT2D eigenvalue weighted by Crippen LogP contribution is 2.37. The van der Waals surface area contributed by atoms with Crippen molar-refractivity contribution in [2.45, 2.75) is 12.2 Å². The number of thiophene rings is 1. The molecule has 0 bridgehead atoms. The van der Waals surface area contributed by atoms with E-state index in [-0.39, 0.29) is 5.56 Å².